The van der Waals surface area contributed by atoms with Crippen LogP contribution in [0.1, 0.15) is 16.8 Å². The van der Waals surface area contributed by atoms with Gasteiger partial charge in [-0.2, -0.15) is 0 Å². The molecule has 0 spiro atoms. The van der Waals surface area contributed by atoms with Crippen LogP contribution in [-0.4, -0.2) is 43.4 Å². The second-order valence-electron chi connectivity index (χ2n) is 5.26. The molecule has 20 heavy (non-hydrogen) atoms. The summed E-state index contributed by atoms with van der Waals surface area (Å²) in [6, 6.07) is 1.73. The van der Waals surface area contributed by atoms with Crippen molar-refractivity contribution in [2.45, 2.75) is 18.6 Å². The van der Waals surface area contributed by atoms with E-state index in [0.29, 0.717) is 23.1 Å². The summed E-state index contributed by atoms with van der Waals surface area (Å²) in [6.45, 7) is 1.36. The van der Waals surface area contributed by atoms with Crippen molar-refractivity contribution in [1.29, 1.82) is 0 Å². The van der Waals surface area contributed by atoms with Crippen LogP contribution in [0.25, 0.3) is 0 Å². The lowest BCUT2D eigenvalue weighted by Crippen LogP contribution is -2.62. The topological polar surface area (TPSA) is 60.5 Å². The Morgan fingerprint density at radius 1 is 1.65 bits per heavy atom. The Balaban J connectivity index is 1.70. The summed E-state index contributed by atoms with van der Waals surface area (Å²) in [4.78, 5) is 16.2. The van der Waals surface area contributed by atoms with Gasteiger partial charge in [-0.3, -0.25) is 9.78 Å². The third kappa shape index (κ3) is 2.30. The minimum atomic E-state index is -0.158. The number of amides is 1. The van der Waals surface area contributed by atoms with Gasteiger partial charge < -0.3 is 14.8 Å². The van der Waals surface area contributed by atoms with Crippen molar-refractivity contribution in [3.63, 3.8) is 0 Å². The van der Waals surface area contributed by atoms with Gasteiger partial charge in [-0.15, -0.1) is 0 Å². The van der Waals surface area contributed by atoms with Crippen LogP contribution in [0.5, 0.6) is 0 Å². The first-order valence-corrected chi connectivity index (χ1v) is 7.11. The highest BCUT2D eigenvalue weighted by atomic mass is 35.5. The molecule has 1 saturated carbocycles. The number of halogens is 1. The number of hydrogen-bond donors (Lipinski definition) is 1. The molecule has 1 aromatic rings. The standard InChI is InChI=1S/C14H17ClN2O3/c1-19-7-10-12(9-3-5-20-13(9)10)17-14(18)8-2-4-16-6-11(8)15/h2,4,6,9-10,12-13H,3,5,7H2,1H3,(H,17,18)/t9-,10+,12+,13-/m1/s1. The van der Waals surface area contributed by atoms with Gasteiger partial charge in [-0.25, -0.2) is 0 Å². The first kappa shape index (κ1) is 13.8. The van der Waals surface area contributed by atoms with Gasteiger partial charge in [-0.1, -0.05) is 11.6 Å². The smallest absolute Gasteiger partial charge is 0.253 e. The molecule has 3 rings (SSSR count). The van der Waals surface area contributed by atoms with E-state index in [9.17, 15) is 4.79 Å². The maximum atomic E-state index is 12.3. The molecule has 1 aliphatic carbocycles. The Morgan fingerprint density at radius 2 is 2.50 bits per heavy atom. The minimum absolute atomic E-state index is 0.0965. The molecule has 2 fully saturated rings. The van der Waals surface area contributed by atoms with E-state index in [4.69, 9.17) is 21.1 Å². The molecule has 1 aliphatic heterocycles. The fraction of sp³-hybridized carbons (Fsp3) is 0.571. The number of carbonyl (C=O) groups is 1. The SMILES string of the molecule is COC[C@H]1[C@@H](NC(=O)c2ccncc2Cl)[C@H]2CCO[C@H]21. The zero-order valence-corrected chi connectivity index (χ0v) is 12.0. The average molecular weight is 297 g/mol. The molecule has 0 radical (unpaired) electrons. The molecule has 5 nitrogen and oxygen atoms in total. The molecule has 0 unspecified atom stereocenters. The third-order valence-corrected chi connectivity index (χ3v) is 4.50. The van der Waals surface area contributed by atoms with Gasteiger partial charge >= 0.3 is 0 Å². The quantitative estimate of drug-likeness (QED) is 0.915. The molecule has 1 amide bonds. The number of hydrogen-bond acceptors (Lipinski definition) is 4. The van der Waals surface area contributed by atoms with Gasteiger partial charge in [0.2, 0.25) is 0 Å². The van der Waals surface area contributed by atoms with Crippen LogP contribution in [0.15, 0.2) is 18.5 Å². The molecule has 108 valence electrons. The summed E-state index contributed by atoms with van der Waals surface area (Å²) in [5.41, 5.74) is 0.459. The van der Waals surface area contributed by atoms with Gasteiger partial charge in [0.1, 0.15) is 0 Å². The molecule has 1 aromatic heterocycles. The molecule has 1 N–H and O–H groups in total. The van der Waals surface area contributed by atoms with E-state index >= 15 is 0 Å². The van der Waals surface area contributed by atoms with E-state index in [2.05, 4.69) is 10.3 Å². The molecular formula is C14H17ClN2O3. The highest BCUT2D eigenvalue weighted by Crippen LogP contribution is 2.43. The lowest BCUT2D eigenvalue weighted by atomic mass is 9.67. The molecule has 4 atom stereocenters. The number of rotatable bonds is 4. The normalized spacial score (nSPS) is 31.5. The van der Waals surface area contributed by atoms with Gasteiger partial charge in [0.25, 0.3) is 5.91 Å². The van der Waals surface area contributed by atoms with Crippen LogP contribution in [-0.2, 0) is 9.47 Å². The maximum absolute atomic E-state index is 12.3. The summed E-state index contributed by atoms with van der Waals surface area (Å²) in [5, 5.41) is 3.44. The average Bonchev–Trinajstić information content (AvgIpc) is 2.87. The number of aromatic nitrogens is 1. The summed E-state index contributed by atoms with van der Waals surface area (Å²) < 4.78 is 10.9. The van der Waals surface area contributed by atoms with Crippen molar-refractivity contribution in [2.24, 2.45) is 11.8 Å². The Morgan fingerprint density at radius 3 is 3.25 bits per heavy atom. The second-order valence-corrected chi connectivity index (χ2v) is 5.67. The maximum Gasteiger partial charge on any atom is 0.253 e. The number of nitrogens with one attached hydrogen (secondary N) is 1. The number of pyridine rings is 1. The number of nitrogens with zero attached hydrogens (tertiary/aromatic N) is 1. The predicted octanol–water partition coefficient (Wildman–Crippen LogP) is 1.51. The van der Waals surface area contributed by atoms with Crippen LogP contribution < -0.4 is 5.32 Å². The monoisotopic (exact) mass is 296 g/mol. The van der Waals surface area contributed by atoms with Crippen molar-refractivity contribution in [3.8, 4) is 0 Å². The zero-order chi connectivity index (χ0) is 14.1. The summed E-state index contributed by atoms with van der Waals surface area (Å²) in [6.07, 6.45) is 4.24. The van der Waals surface area contributed by atoms with Gasteiger partial charge in [-0.05, 0) is 12.5 Å². The van der Waals surface area contributed by atoms with Crippen molar-refractivity contribution < 1.29 is 14.3 Å². The highest BCUT2D eigenvalue weighted by Gasteiger charge is 2.54. The van der Waals surface area contributed by atoms with E-state index in [0.717, 1.165) is 13.0 Å². The van der Waals surface area contributed by atoms with Crippen LogP contribution in [0.2, 0.25) is 5.02 Å². The fourth-order valence-electron chi connectivity index (χ4n) is 3.22. The van der Waals surface area contributed by atoms with E-state index in [1.165, 1.54) is 6.20 Å². The third-order valence-electron chi connectivity index (χ3n) is 4.20. The van der Waals surface area contributed by atoms with Gasteiger partial charge in [0.15, 0.2) is 0 Å². The lowest BCUT2D eigenvalue weighted by Gasteiger charge is -2.47. The van der Waals surface area contributed by atoms with Crippen LogP contribution in [0.4, 0.5) is 0 Å². The van der Waals surface area contributed by atoms with Gasteiger partial charge in [0, 0.05) is 44.0 Å². The number of carbonyl (C=O) groups excluding carboxylic acids is 1. The first-order chi connectivity index (χ1) is 9.72. The Labute approximate surface area is 122 Å². The number of ether oxygens (including phenoxy) is 2. The van der Waals surface area contributed by atoms with Crippen molar-refractivity contribution in [3.05, 3.63) is 29.0 Å². The second kappa shape index (κ2) is 5.68. The van der Waals surface area contributed by atoms with Crippen LogP contribution >= 0.6 is 11.6 Å². The molecule has 0 bridgehead atoms. The van der Waals surface area contributed by atoms with E-state index in [1.54, 1.807) is 19.4 Å². The zero-order valence-electron chi connectivity index (χ0n) is 11.2. The van der Waals surface area contributed by atoms with Crippen molar-refractivity contribution in [2.75, 3.05) is 20.3 Å². The molecule has 0 aromatic carbocycles. The Kier molecular flexibility index (Phi) is 3.92. The Bertz CT molecular complexity index is 511. The molecule has 2 heterocycles. The summed E-state index contributed by atoms with van der Waals surface area (Å²) >= 11 is 6.00. The van der Waals surface area contributed by atoms with Crippen LogP contribution in [0.3, 0.4) is 0 Å². The molecule has 6 heteroatoms. The van der Waals surface area contributed by atoms with Crippen molar-refractivity contribution in [1.82, 2.24) is 10.3 Å². The number of methoxy groups -OCH3 is 1. The van der Waals surface area contributed by atoms with Crippen molar-refractivity contribution >= 4 is 17.5 Å². The van der Waals surface area contributed by atoms with Crippen LogP contribution in [0, 0.1) is 11.8 Å². The minimum Gasteiger partial charge on any atom is -0.384 e. The summed E-state index contributed by atoms with van der Waals surface area (Å²) in [5.74, 6) is 0.450. The number of fused-ring (bicyclic) bond motifs is 1. The van der Waals surface area contributed by atoms with E-state index in [-0.39, 0.29) is 24.0 Å². The predicted molar refractivity (Wildman–Crippen MR) is 73.7 cm³/mol. The van der Waals surface area contributed by atoms with E-state index in [1.807, 2.05) is 0 Å². The molecule has 1 saturated heterocycles. The molecular weight excluding hydrogens is 280 g/mol. The van der Waals surface area contributed by atoms with E-state index < -0.39 is 0 Å². The molecule has 2 aliphatic rings. The first-order valence-electron chi connectivity index (χ1n) is 6.73. The largest absolute Gasteiger partial charge is 0.384 e. The lowest BCUT2D eigenvalue weighted by molar-refractivity contribution is -0.0809. The Hall–Kier alpha value is -1.17. The highest BCUT2D eigenvalue weighted by molar-refractivity contribution is 6.33. The van der Waals surface area contributed by atoms with Gasteiger partial charge in [0.05, 0.1) is 23.3 Å². The fourth-order valence-corrected chi connectivity index (χ4v) is 3.43. The summed E-state index contributed by atoms with van der Waals surface area (Å²) in [7, 11) is 1.67.